The van der Waals surface area contributed by atoms with Gasteiger partial charge in [0.25, 0.3) is 11.6 Å². The molecule has 0 bridgehead atoms. The molecular formula is C13H8BrClN2O3. The molecule has 1 N–H and O–H groups in total. The Kier molecular flexibility index (Phi) is 4.36. The van der Waals surface area contributed by atoms with Gasteiger partial charge in [-0.3, -0.25) is 14.9 Å². The molecule has 0 unspecified atom stereocenters. The van der Waals surface area contributed by atoms with Crippen molar-refractivity contribution in [2.24, 2.45) is 0 Å². The molecule has 0 aliphatic heterocycles. The largest absolute Gasteiger partial charge is 0.322 e. The second-order valence-electron chi connectivity index (χ2n) is 3.89. The van der Waals surface area contributed by atoms with E-state index in [0.29, 0.717) is 5.69 Å². The predicted octanol–water partition coefficient (Wildman–Crippen LogP) is 4.26. The standard InChI is InChI=1S/C13H8BrClN2O3/c14-9-2-1-3-10(7-9)16-13(18)8-4-5-12(17(19)20)11(15)6-8/h1-7H,(H,16,18). The van der Waals surface area contributed by atoms with Gasteiger partial charge >= 0.3 is 0 Å². The summed E-state index contributed by atoms with van der Waals surface area (Å²) < 4.78 is 0.831. The first kappa shape index (κ1) is 14.5. The highest BCUT2D eigenvalue weighted by atomic mass is 79.9. The molecule has 0 aliphatic rings. The number of hydrogen-bond acceptors (Lipinski definition) is 3. The molecule has 0 aliphatic carbocycles. The first-order valence-electron chi connectivity index (χ1n) is 5.48. The molecular weight excluding hydrogens is 348 g/mol. The molecule has 2 rings (SSSR count). The number of nitrogens with zero attached hydrogens (tertiary/aromatic N) is 1. The molecule has 0 fully saturated rings. The first-order chi connectivity index (χ1) is 9.47. The van der Waals surface area contributed by atoms with Crippen LogP contribution in [-0.4, -0.2) is 10.8 Å². The van der Waals surface area contributed by atoms with Crippen molar-refractivity contribution in [2.75, 3.05) is 5.32 Å². The number of nitro benzene ring substituents is 1. The van der Waals surface area contributed by atoms with Crippen LogP contribution in [0.25, 0.3) is 0 Å². The fourth-order valence-electron chi connectivity index (χ4n) is 1.57. The third kappa shape index (κ3) is 3.34. The van der Waals surface area contributed by atoms with Crippen LogP contribution in [0, 0.1) is 10.1 Å². The highest BCUT2D eigenvalue weighted by molar-refractivity contribution is 9.10. The van der Waals surface area contributed by atoms with Gasteiger partial charge in [-0.05, 0) is 30.3 Å². The number of amides is 1. The zero-order valence-electron chi connectivity index (χ0n) is 9.97. The van der Waals surface area contributed by atoms with Crippen molar-refractivity contribution < 1.29 is 9.72 Å². The van der Waals surface area contributed by atoms with Crippen molar-refractivity contribution in [3.8, 4) is 0 Å². The van der Waals surface area contributed by atoms with Gasteiger partial charge < -0.3 is 5.32 Å². The Hall–Kier alpha value is -1.92. The summed E-state index contributed by atoms with van der Waals surface area (Å²) in [7, 11) is 0. The van der Waals surface area contributed by atoms with E-state index in [1.165, 1.54) is 18.2 Å². The minimum absolute atomic E-state index is 0.0723. The van der Waals surface area contributed by atoms with E-state index in [1.54, 1.807) is 18.2 Å². The van der Waals surface area contributed by atoms with Gasteiger partial charge in [0, 0.05) is 21.8 Å². The summed E-state index contributed by atoms with van der Waals surface area (Å²) in [5, 5.41) is 13.3. The van der Waals surface area contributed by atoms with E-state index in [-0.39, 0.29) is 22.2 Å². The third-order valence-corrected chi connectivity index (χ3v) is 3.29. The summed E-state index contributed by atoms with van der Waals surface area (Å²) >= 11 is 9.07. The van der Waals surface area contributed by atoms with Crippen molar-refractivity contribution in [3.63, 3.8) is 0 Å². The average Bonchev–Trinajstić information content (AvgIpc) is 2.38. The SMILES string of the molecule is O=C(Nc1cccc(Br)c1)c1ccc([N+](=O)[O-])c(Cl)c1. The van der Waals surface area contributed by atoms with E-state index in [4.69, 9.17) is 11.6 Å². The van der Waals surface area contributed by atoms with Crippen molar-refractivity contribution in [1.29, 1.82) is 0 Å². The summed E-state index contributed by atoms with van der Waals surface area (Å²) in [5.41, 5.74) is 0.630. The average molecular weight is 356 g/mol. The van der Waals surface area contributed by atoms with Gasteiger partial charge in [0.1, 0.15) is 5.02 Å². The quantitative estimate of drug-likeness (QED) is 0.660. The molecule has 0 spiro atoms. The van der Waals surface area contributed by atoms with Crippen molar-refractivity contribution in [3.05, 3.63) is 67.6 Å². The minimum atomic E-state index is -0.599. The Bertz CT molecular complexity index is 691. The lowest BCUT2D eigenvalue weighted by atomic mass is 10.2. The van der Waals surface area contributed by atoms with E-state index in [0.717, 1.165) is 4.47 Å². The second kappa shape index (κ2) is 6.02. The molecule has 102 valence electrons. The van der Waals surface area contributed by atoms with Crippen LogP contribution in [0.1, 0.15) is 10.4 Å². The number of benzene rings is 2. The molecule has 1 amide bonds. The number of nitrogens with one attached hydrogen (secondary N) is 1. The number of carbonyl (C=O) groups is 1. The van der Waals surface area contributed by atoms with Crippen LogP contribution in [0.2, 0.25) is 5.02 Å². The molecule has 20 heavy (non-hydrogen) atoms. The lowest BCUT2D eigenvalue weighted by molar-refractivity contribution is -0.384. The molecule has 5 nitrogen and oxygen atoms in total. The Balaban J connectivity index is 2.22. The van der Waals surface area contributed by atoms with Crippen molar-refractivity contribution in [1.82, 2.24) is 0 Å². The van der Waals surface area contributed by atoms with Crippen LogP contribution >= 0.6 is 27.5 Å². The molecule has 2 aromatic rings. The fourth-order valence-corrected chi connectivity index (χ4v) is 2.21. The maximum atomic E-state index is 12.0. The molecule has 0 saturated heterocycles. The van der Waals surface area contributed by atoms with E-state index >= 15 is 0 Å². The molecule has 0 aromatic heterocycles. The summed E-state index contributed by atoms with van der Waals surface area (Å²) in [6.07, 6.45) is 0. The molecule has 7 heteroatoms. The van der Waals surface area contributed by atoms with Crippen LogP contribution in [-0.2, 0) is 0 Å². The topological polar surface area (TPSA) is 72.2 Å². The van der Waals surface area contributed by atoms with E-state index in [2.05, 4.69) is 21.2 Å². The normalized spacial score (nSPS) is 10.1. The maximum absolute atomic E-state index is 12.0. The van der Waals surface area contributed by atoms with Crippen LogP contribution in [0.3, 0.4) is 0 Å². The van der Waals surface area contributed by atoms with Gasteiger partial charge in [-0.1, -0.05) is 33.6 Å². The van der Waals surface area contributed by atoms with E-state index < -0.39 is 4.92 Å². The summed E-state index contributed by atoms with van der Waals surface area (Å²) in [6.45, 7) is 0. The predicted molar refractivity (Wildman–Crippen MR) is 80.2 cm³/mol. The van der Waals surface area contributed by atoms with Gasteiger partial charge in [-0.25, -0.2) is 0 Å². The van der Waals surface area contributed by atoms with E-state index in [9.17, 15) is 14.9 Å². The van der Waals surface area contributed by atoms with Gasteiger partial charge in [-0.2, -0.15) is 0 Å². The second-order valence-corrected chi connectivity index (χ2v) is 5.21. The van der Waals surface area contributed by atoms with Crippen LogP contribution in [0.5, 0.6) is 0 Å². The number of nitro groups is 1. The van der Waals surface area contributed by atoms with Gasteiger partial charge in [-0.15, -0.1) is 0 Å². The van der Waals surface area contributed by atoms with Gasteiger partial charge in [0.15, 0.2) is 0 Å². The molecule has 0 saturated carbocycles. The molecule has 0 heterocycles. The number of hydrogen-bond donors (Lipinski definition) is 1. The smallest absolute Gasteiger partial charge is 0.287 e. The van der Waals surface area contributed by atoms with Crippen molar-refractivity contribution in [2.45, 2.75) is 0 Å². The molecule has 0 radical (unpaired) electrons. The Morgan fingerprint density at radius 3 is 2.60 bits per heavy atom. The number of carbonyl (C=O) groups excluding carboxylic acids is 1. The monoisotopic (exact) mass is 354 g/mol. The first-order valence-corrected chi connectivity index (χ1v) is 6.65. The highest BCUT2D eigenvalue weighted by Gasteiger charge is 2.15. The summed E-state index contributed by atoms with van der Waals surface area (Å²) in [5.74, 6) is -0.389. The number of rotatable bonds is 3. The minimum Gasteiger partial charge on any atom is -0.322 e. The Morgan fingerprint density at radius 1 is 1.25 bits per heavy atom. The fraction of sp³-hybridized carbons (Fsp3) is 0. The Morgan fingerprint density at radius 2 is 2.00 bits per heavy atom. The summed E-state index contributed by atoms with van der Waals surface area (Å²) in [4.78, 5) is 22.1. The lowest BCUT2D eigenvalue weighted by Crippen LogP contribution is -2.11. The van der Waals surface area contributed by atoms with Crippen LogP contribution in [0.15, 0.2) is 46.9 Å². The van der Waals surface area contributed by atoms with Crippen molar-refractivity contribution >= 4 is 44.8 Å². The zero-order valence-corrected chi connectivity index (χ0v) is 12.3. The highest BCUT2D eigenvalue weighted by Crippen LogP contribution is 2.25. The molecule has 0 atom stereocenters. The molecule has 2 aromatic carbocycles. The number of anilines is 1. The zero-order chi connectivity index (χ0) is 14.7. The third-order valence-electron chi connectivity index (χ3n) is 2.49. The Labute approximate surface area is 127 Å². The van der Waals surface area contributed by atoms with Crippen LogP contribution < -0.4 is 5.32 Å². The number of halogens is 2. The van der Waals surface area contributed by atoms with Gasteiger partial charge in [0.2, 0.25) is 0 Å². The maximum Gasteiger partial charge on any atom is 0.287 e. The van der Waals surface area contributed by atoms with Gasteiger partial charge in [0.05, 0.1) is 4.92 Å². The van der Waals surface area contributed by atoms with E-state index in [1.807, 2.05) is 6.07 Å². The summed E-state index contributed by atoms with van der Waals surface area (Å²) in [6, 6.07) is 10.9. The van der Waals surface area contributed by atoms with Crippen LogP contribution in [0.4, 0.5) is 11.4 Å². The lowest BCUT2D eigenvalue weighted by Gasteiger charge is -2.06.